The summed E-state index contributed by atoms with van der Waals surface area (Å²) in [6, 6.07) is 6.57. The van der Waals surface area contributed by atoms with Gasteiger partial charge < -0.3 is 5.11 Å². The first-order valence-electron chi connectivity index (χ1n) is 15.3. The number of rotatable bonds is 4. The Kier molecular flexibility index (Phi) is 8.36. The zero-order chi connectivity index (χ0) is 38.9. The molecule has 2 aromatic carbocycles. The Labute approximate surface area is 307 Å². The second-order valence-corrected chi connectivity index (χ2v) is 14.4. The monoisotopic (exact) mass is 808 g/mol. The van der Waals surface area contributed by atoms with Gasteiger partial charge in [0.25, 0.3) is 23.6 Å². The number of hydrogen-bond donors (Lipinski definition) is 1. The molecule has 1 saturated carbocycles. The number of carbonyl (C=O) groups is 4. The molecule has 278 valence electrons. The van der Waals surface area contributed by atoms with Crippen LogP contribution in [0.1, 0.15) is 30.0 Å². The molecular weight excluding hydrogens is 791 g/mol. The van der Waals surface area contributed by atoms with Crippen molar-refractivity contribution in [2.75, 3.05) is 17.0 Å². The molecule has 0 unspecified atom stereocenters. The van der Waals surface area contributed by atoms with E-state index in [1.165, 1.54) is 24.3 Å². The molecule has 2 aliphatic carbocycles. The van der Waals surface area contributed by atoms with E-state index < -0.39 is 122 Å². The Morgan fingerprint density at radius 3 is 2.08 bits per heavy atom. The number of carbonyl (C=O) groups excluding carboxylic acids is 4. The number of hydrazine groups is 1. The zero-order valence-electron chi connectivity index (χ0n) is 26.3. The Morgan fingerprint density at radius 2 is 1.47 bits per heavy atom. The molecule has 2 aliphatic heterocycles. The summed E-state index contributed by atoms with van der Waals surface area (Å²) in [5.74, 6) is -25.1. The van der Waals surface area contributed by atoms with Crippen LogP contribution in [0.4, 0.5) is 46.6 Å². The van der Waals surface area contributed by atoms with Crippen LogP contribution in [0.15, 0.2) is 48.0 Å². The molecule has 3 fully saturated rings. The maximum absolute atomic E-state index is 15.2. The molecule has 4 aliphatic rings. The molecule has 1 aromatic heterocycles. The van der Waals surface area contributed by atoms with Gasteiger partial charge in [-0.05, 0) is 37.0 Å². The van der Waals surface area contributed by atoms with E-state index in [0.717, 1.165) is 19.2 Å². The number of pyridine rings is 1. The largest absolute Gasteiger partial charge is 0.508 e. The van der Waals surface area contributed by atoms with E-state index in [9.17, 15) is 50.6 Å². The Morgan fingerprint density at radius 1 is 0.868 bits per heavy atom. The minimum absolute atomic E-state index is 0.0420. The number of para-hydroxylation sites is 1. The van der Waals surface area contributed by atoms with Gasteiger partial charge in [0.15, 0.2) is 38.8 Å². The molecule has 2 saturated heterocycles. The van der Waals surface area contributed by atoms with Crippen molar-refractivity contribution in [3.63, 3.8) is 0 Å². The fourth-order valence-corrected chi connectivity index (χ4v) is 8.99. The summed E-state index contributed by atoms with van der Waals surface area (Å²) >= 11 is 20.2. The van der Waals surface area contributed by atoms with Crippen molar-refractivity contribution in [3.05, 3.63) is 93.4 Å². The van der Waals surface area contributed by atoms with Crippen LogP contribution in [0, 0.1) is 46.8 Å². The van der Waals surface area contributed by atoms with Crippen molar-refractivity contribution in [1.82, 2.24) is 9.99 Å². The number of alkyl halides is 5. The number of nitrogens with zero attached hydrogens (tertiary/aromatic N) is 4. The lowest BCUT2D eigenvalue weighted by Gasteiger charge is -2.50. The van der Waals surface area contributed by atoms with Gasteiger partial charge in [-0.25, -0.2) is 31.8 Å². The smallest absolute Gasteiger partial charge is 0.433 e. The topological polar surface area (TPSA) is 111 Å². The molecule has 0 spiro atoms. The molecule has 20 heteroatoms. The van der Waals surface area contributed by atoms with Gasteiger partial charge in [0.2, 0.25) is 5.82 Å². The van der Waals surface area contributed by atoms with Gasteiger partial charge >= 0.3 is 6.18 Å². The first-order valence-corrected chi connectivity index (χ1v) is 16.4. The van der Waals surface area contributed by atoms with Crippen LogP contribution in [0.2, 0.25) is 5.02 Å². The predicted molar refractivity (Wildman–Crippen MR) is 169 cm³/mol. The number of imide groups is 2. The molecule has 53 heavy (non-hydrogen) atoms. The van der Waals surface area contributed by atoms with Gasteiger partial charge in [-0.1, -0.05) is 41.4 Å². The average molecular weight is 810 g/mol. The lowest BCUT2D eigenvalue weighted by Crippen LogP contribution is -2.60. The number of fused-ring (bicyclic) bond motifs is 4. The molecule has 3 heterocycles. The standard InChI is InChI=1S/C33H19Cl3F8N4O5/c1-46(26-15(34)8-9-17(45-26)33(42,43)44)48-27(50)13-7-6-11-14(18(13)28(48)51)10-31(35)29(52)47(25-23(40)21(38)20(37)22(39)24(25)41)30(53)32(31,36)19(11)12-4-2-3-5-16(12)49/h2-6,8-9,13-14,18-19,49H,7,10H2,1H3/t13-,14+,18-,19+,31+,32-/m0/s1. The second kappa shape index (κ2) is 12.0. The number of hydrogen-bond acceptors (Lipinski definition) is 7. The van der Waals surface area contributed by atoms with Gasteiger partial charge in [0.05, 0.1) is 16.9 Å². The van der Waals surface area contributed by atoms with Gasteiger partial charge in [-0.2, -0.15) is 18.2 Å². The SMILES string of the molecule is CN(c1nc(C(F)(F)F)ccc1Cl)N1C(=O)[C@H]2[C@H](CC=C3[C@H]2C[C@@]2(Cl)C(=O)N(c4c(F)c(F)c(F)c(F)c4F)C(=O)[C@@]2(Cl)[C@H]3c2ccccc2O)C1=O. The third-order valence-corrected chi connectivity index (χ3v) is 11.9. The third kappa shape index (κ3) is 4.85. The summed E-state index contributed by atoms with van der Waals surface area (Å²) < 4.78 is 114. The van der Waals surface area contributed by atoms with Gasteiger partial charge in [0, 0.05) is 18.5 Å². The number of aromatic nitrogens is 1. The summed E-state index contributed by atoms with van der Waals surface area (Å²) in [4.78, 5) is 54.1. The van der Waals surface area contributed by atoms with Gasteiger partial charge in [-0.3, -0.25) is 24.2 Å². The quantitative estimate of drug-likeness (QED) is 0.0774. The van der Waals surface area contributed by atoms with Crippen molar-refractivity contribution in [2.24, 2.45) is 17.8 Å². The van der Waals surface area contributed by atoms with Crippen molar-refractivity contribution < 1.29 is 59.4 Å². The summed E-state index contributed by atoms with van der Waals surface area (Å²) in [6.07, 6.45) is -4.67. The first-order chi connectivity index (χ1) is 24.7. The number of halogens is 11. The summed E-state index contributed by atoms with van der Waals surface area (Å²) in [6.45, 7) is 0. The van der Waals surface area contributed by atoms with Gasteiger partial charge in [-0.15, -0.1) is 23.2 Å². The number of aromatic hydroxyl groups is 1. The molecule has 1 N–H and O–H groups in total. The van der Waals surface area contributed by atoms with E-state index in [1.54, 1.807) is 0 Å². The lowest BCUT2D eigenvalue weighted by atomic mass is 9.56. The lowest BCUT2D eigenvalue weighted by molar-refractivity contribution is -0.141. The van der Waals surface area contributed by atoms with Crippen molar-refractivity contribution >= 4 is 69.9 Å². The van der Waals surface area contributed by atoms with Gasteiger partial charge in [0.1, 0.15) is 17.1 Å². The minimum Gasteiger partial charge on any atom is -0.508 e. The van der Waals surface area contributed by atoms with E-state index >= 15 is 8.78 Å². The zero-order valence-corrected chi connectivity index (χ0v) is 28.6. The van der Waals surface area contributed by atoms with Crippen LogP contribution in [0.25, 0.3) is 0 Å². The highest BCUT2D eigenvalue weighted by Crippen LogP contribution is 2.66. The van der Waals surface area contributed by atoms with Crippen LogP contribution < -0.4 is 9.91 Å². The highest BCUT2D eigenvalue weighted by atomic mass is 35.5. The van der Waals surface area contributed by atoms with E-state index in [0.29, 0.717) is 16.1 Å². The van der Waals surface area contributed by atoms with E-state index in [-0.39, 0.29) is 27.5 Å². The van der Waals surface area contributed by atoms with Crippen LogP contribution in [0.3, 0.4) is 0 Å². The molecule has 0 radical (unpaired) electrons. The second-order valence-electron chi connectivity index (χ2n) is 12.8. The normalized spacial score (nSPS) is 28.3. The highest BCUT2D eigenvalue weighted by Gasteiger charge is 2.77. The van der Waals surface area contributed by atoms with Crippen LogP contribution in [-0.4, -0.2) is 55.5 Å². The number of phenols is 1. The number of amides is 4. The summed E-state index contributed by atoms with van der Waals surface area (Å²) in [5.41, 5.74) is -3.53. The predicted octanol–water partition coefficient (Wildman–Crippen LogP) is 6.77. The number of allylic oxidation sites excluding steroid dienone is 2. The molecular formula is C33H19Cl3F8N4O5. The number of phenolic OH excluding ortho intramolecular Hbond substituents is 1. The van der Waals surface area contributed by atoms with Crippen molar-refractivity contribution in [3.8, 4) is 5.75 Å². The molecule has 6 atom stereocenters. The first kappa shape index (κ1) is 36.9. The van der Waals surface area contributed by atoms with Crippen LogP contribution >= 0.6 is 34.8 Å². The maximum atomic E-state index is 15.2. The van der Waals surface area contributed by atoms with Crippen LogP contribution in [0.5, 0.6) is 5.75 Å². The fraction of sp³-hybridized carbons (Fsp3) is 0.303. The minimum atomic E-state index is -4.94. The Balaban J connectivity index is 1.38. The van der Waals surface area contributed by atoms with Crippen molar-refractivity contribution in [1.29, 1.82) is 0 Å². The summed E-state index contributed by atoms with van der Waals surface area (Å²) in [7, 11) is 1.05. The summed E-state index contributed by atoms with van der Waals surface area (Å²) in [5, 5.41) is 11.8. The third-order valence-electron chi connectivity index (χ3n) is 10.2. The fourth-order valence-electron chi connectivity index (χ4n) is 7.83. The molecule has 3 aromatic rings. The number of anilines is 2. The average Bonchev–Trinajstić information content (AvgIpc) is 3.44. The van der Waals surface area contributed by atoms with E-state index in [1.807, 2.05) is 0 Å². The number of benzene rings is 2. The molecule has 9 nitrogen and oxygen atoms in total. The van der Waals surface area contributed by atoms with Crippen molar-refractivity contribution in [2.45, 2.75) is 34.7 Å². The molecule has 7 rings (SSSR count). The molecule has 0 bridgehead atoms. The molecule has 4 amide bonds. The maximum Gasteiger partial charge on any atom is 0.433 e. The Hall–Kier alpha value is -4.48. The van der Waals surface area contributed by atoms with Crippen LogP contribution in [-0.2, 0) is 25.4 Å². The highest BCUT2D eigenvalue weighted by molar-refractivity contribution is 6.58. The Bertz CT molecular complexity index is 2200. The van der Waals surface area contributed by atoms with E-state index in [4.69, 9.17) is 34.8 Å². The van der Waals surface area contributed by atoms with E-state index in [2.05, 4.69) is 4.98 Å².